The SMILES string of the molecule is CC1(C)C2=CC3C(C=C2c2ccc4c(oc5ccccc54)c21)C1=CCCC=C1N3c1ccc(-c2ccc3c4ccccc4c4ccccc4c3c2)cc1. The van der Waals surface area contributed by atoms with Gasteiger partial charge in [-0.25, -0.2) is 0 Å². The van der Waals surface area contributed by atoms with E-state index in [2.05, 4.69) is 170 Å². The molecule has 12 rings (SSSR count). The largest absolute Gasteiger partial charge is 0.456 e. The summed E-state index contributed by atoms with van der Waals surface area (Å²) in [6, 6.07) is 47.3. The molecule has 3 aliphatic carbocycles. The maximum absolute atomic E-state index is 6.63. The van der Waals surface area contributed by atoms with E-state index < -0.39 is 0 Å². The summed E-state index contributed by atoms with van der Waals surface area (Å²) in [6.45, 7) is 4.78. The van der Waals surface area contributed by atoms with Crippen molar-refractivity contribution in [1.82, 2.24) is 0 Å². The van der Waals surface area contributed by atoms with E-state index in [0.29, 0.717) is 5.92 Å². The molecule has 1 saturated heterocycles. The van der Waals surface area contributed by atoms with Crippen molar-refractivity contribution in [3.8, 4) is 11.1 Å². The number of hydrogen-bond donors (Lipinski definition) is 0. The lowest BCUT2D eigenvalue weighted by Crippen LogP contribution is -2.33. The van der Waals surface area contributed by atoms with Crippen molar-refractivity contribution in [2.75, 3.05) is 4.90 Å². The van der Waals surface area contributed by atoms with Gasteiger partial charge in [-0.1, -0.05) is 135 Å². The molecule has 7 aromatic carbocycles. The van der Waals surface area contributed by atoms with Crippen LogP contribution in [0.5, 0.6) is 0 Å². The fourth-order valence-corrected chi connectivity index (χ4v) is 10.4. The average Bonchev–Trinajstić information content (AvgIpc) is 3.82. The number of rotatable bonds is 2. The summed E-state index contributed by atoms with van der Waals surface area (Å²) in [5.41, 5.74) is 13.8. The Morgan fingerprint density at radius 1 is 0.585 bits per heavy atom. The van der Waals surface area contributed by atoms with Gasteiger partial charge in [0.05, 0.1) is 6.04 Å². The maximum atomic E-state index is 6.63. The van der Waals surface area contributed by atoms with Crippen LogP contribution in [0.2, 0.25) is 0 Å². The van der Waals surface area contributed by atoms with E-state index in [1.54, 1.807) is 0 Å². The highest BCUT2D eigenvalue weighted by molar-refractivity contribution is 6.25. The Balaban J connectivity index is 0.962. The second-order valence-corrected chi connectivity index (χ2v) is 15.9. The number of fused-ring (bicyclic) bond motifs is 16. The number of nitrogens with zero attached hydrogens (tertiary/aromatic N) is 1. The smallest absolute Gasteiger partial charge is 0.140 e. The molecule has 2 atom stereocenters. The molecule has 0 saturated carbocycles. The van der Waals surface area contributed by atoms with E-state index in [0.717, 1.165) is 24.0 Å². The van der Waals surface area contributed by atoms with Gasteiger partial charge >= 0.3 is 0 Å². The van der Waals surface area contributed by atoms with Gasteiger partial charge in [0.1, 0.15) is 11.2 Å². The first-order valence-corrected chi connectivity index (χ1v) is 19.1. The minimum atomic E-state index is -0.183. The van der Waals surface area contributed by atoms with Crippen LogP contribution in [0.1, 0.15) is 37.8 Å². The summed E-state index contributed by atoms with van der Waals surface area (Å²) in [4.78, 5) is 2.62. The van der Waals surface area contributed by atoms with Crippen molar-refractivity contribution in [3.05, 3.63) is 180 Å². The van der Waals surface area contributed by atoms with Gasteiger partial charge in [-0.05, 0) is 109 Å². The summed E-state index contributed by atoms with van der Waals surface area (Å²) in [7, 11) is 0. The average molecular weight is 680 g/mol. The monoisotopic (exact) mass is 679 g/mol. The van der Waals surface area contributed by atoms with Gasteiger partial charge in [-0.3, -0.25) is 0 Å². The topological polar surface area (TPSA) is 16.4 Å². The zero-order valence-corrected chi connectivity index (χ0v) is 29.9. The predicted octanol–water partition coefficient (Wildman–Crippen LogP) is 13.4. The number of para-hydroxylation sites is 1. The number of benzene rings is 7. The molecule has 1 aliphatic heterocycles. The van der Waals surface area contributed by atoms with Gasteiger partial charge in [0, 0.05) is 39.1 Å². The summed E-state index contributed by atoms with van der Waals surface area (Å²) in [5.74, 6) is 0.302. The Morgan fingerprint density at radius 2 is 1.21 bits per heavy atom. The normalized spacial score (nSPS) is 19.9. The molecule has 0 amide bonds. The highest BCUT2D eigenvalue weighted by Gasteiger charge is 2.48. The molecular weight excluding hydrogens is 643 g/mol. The summed E-state index contributed by atoms with van der Waals surface area (Å²) < 4.78 is 6.63. The van der Waals surface area contributed by atoms with Crippen LogP contribution < -0.4 is 4.90 Å². The van der Waals surface area contributed by atoms with Crippen molar-refractivity contribution in [2.24, 2.45) is 5.92 Å². The standard InChI is InChI=1S/C51H37NO/c1-51(2)45-29-47-44(28-43(45)40-25-26-41-39-16-8-10-18-48(39)53-50(41)49(40)51)38-15-7-9-17-46(38)52(47)32-22-19-30(20-23-32)31-21-24-37-35-13-4-3-11-33(35)34-12-5-6-14-36(34)42(37)27-31/h3-6,8,10-29,44,47H,7,9H2,1-2H3. The van der Waals surface area contributed by atoms with Gasteiger partial charge < -0.3 is 9.32 Å². The van der Waals surface area contributed by atoms with Crippen LogP contribution in [0.4, 0.5) is 5.69 Å². The third-order valence-electron chi connectivity index (χ3n) is 12.8. The van der Waals surface area contributed by atoms with Crippen LogP contribution in [0.25, 0.3) is 71.0 Å². The van der Waals surface area contributed by atoms with Crippen LogP contribution >= 0.6 is 0 Å². The molecule has 2 heterocycles. The van der Waals surface area contributed by atoms with Crippen molar-refractivity contribution in [3.63, 3.8) is 0 Å². The lowest BCUT2D eigenvalue weighted by molar-refractivity contribution is 0.607. The van der Waals surface area contributed by atoms with E-state index in [4.69, 9.17) is 4.42 Å². The number of anilines is 1. The molecule has 1 fully saturated rings. The Morgan fingerprint density at radius 3 is 1.96 bits per heavy atom. The number of furan rings is 1. The van der Waals surface area contributed by atoms with Crippen LogP contribution in [-0.2, 0) is 5.41 Å². The maximum Gasteiger partial charge on any atom is 0.140 e. The van der Waals surface area contributed by atoms with Crippen LogP contribution in [0.15, 0.2) is 173 Å². The minimum Gasteiger partial charge on any atom is -0.456 e. The van der Waals surface area contributed by atoms with Crippen molar-refractivity contribution >= 4 is 65.5 Å². The van der Waals surface area contributed by atoms with Crippen LogP contribution in [0, 0.1) is 5.92 Å². The van der Waals surface area contributed by atoms with Gasteiger partial charge in [0.25, 0.3) is 0 Å². The first kappa shape index (κ1) is 29.5. The highest BCUT2D eigenvalue weighted by Crippen LogP contribution is 2.58. The Labute approximate surface area is 308 Å². The molecule has 2 heteroatoms. The molecule has 0 radical (unpaired) electrons. The fourth-order valence-electron chi connectivity index (χ4n) is 10.4. The fraction of sp³-hybridized carbons (Fsp3) is 0.137. The lowest BCUT2D eigenvalue weighted by Gasteiger charge is -2.33. The number of allylic oxidation sites excluding steroid dienone is 5. The molecule has 8 aromatic rings. The minimum absolute atomic E-state index is 0.183. The van der Waals surface area contributed by atoms with Crippen molar-refractivity contribution in [1.29, 1.82) is 0 Å². The van der Waals surface area contributed by atoms with Gasteiger partial charge in [-0.15, -0.1) is 0 Å². The third-order valence-corrected chi connectivity index (χ3v) is 12.8. The molecule has 0 spiro atoms. The first-order valence-electron chi connectivity index (χ1n) is 19.1. The lowest BCUT2D eigenvalue weighted by atomic mass is 9.76. The summed E-state index contributed by atoms with van der Waals surface area (Å²) in [5, 5.41) is 10.3. The van der Waals surface area contributed by atoms with Crippen molar-refractivity contribution in [2.45, 2.75) is 38.1 Å². The van der Waals surface area contributed by atoms with E-state index >= 15 is 0 Å². The predicted molar refractivity (Wildman–Crippen MR) is 222 cm³/mol. The third kappa shape index (κ3) is 3.93. The quantitative estimate of drug-likeness (QED) is 0.169. The summed E-state index contributed by atoms with van der Waals surface area (Å²) >= 11 is 0. The molecular formula is C51H37NO. The van der Waals surface area contributed by atoms with E-state index in [1.807, 2.05) is 0 Å². The van der Waals surface area contributed by atoms with Crippen molar-refractivity contribution < 1.29 is 4.42 Å². The molecule has 0 N–H and O–H groups in total. The molecule has 252 valence electrons. The summed E-state index contributed by atoms with van der Waals surface area (Å²) in [6.07, 6.45) is 12.3. The highest BCUT2D eigenvalue weighted by atomic mass is 16.3. The van der Waals surface area contributed by atoms with Gasteiger partial charge in [-0.2, -0.15) is 0 Å². The van der Waals surface area contributed by atoms with E-state index in [9.17, 15) is 0 Å². The number of hydrogen-bond acceptors (Lipinski definition) is 2. The second-order valence-electron chi connectivity index (χ2n) is 15.9. The molecule has 2 nitrogen and oxygen atoms in total. The zero-order valence-electron chi connectivity index (χ0n) is 29.9. The second kappa shape index (κ2) is 10.5. The molecule has 0 bridgehead atoms. The van der Waals surface area contributed by atoms with Crippen LogP contribution in [0.3, 0.4) is 0 Å². The van der Waals surface area contributed by atoms with Crippen LogP contribution in [-0.4, -0.2) is 6.04 Å². The Bertz CT molecular complexity index is 3000. The molecule has 53 heavy (non-hydrogen) atoms. The first-order chi connectivity index (χ1) is 26.0. The zero-order chi connectivity index (χ0) is 35.0. The molecule has 4 aliphatic rings. The van der Waals surface area contributed by atoms with Gasteiger partial charge in [0.15, 0.2) is 0 Å². The van der Waals surface area contributed by atoms with E-state index in [-0.39, 0.29) is 11.5 Å². The molecule has 2 unspecified atom stereocenters. The molecule has 1 aromatic heterocycles. The van der Waals surface area contributed by atoms with E-state index in [1.165, 1.54) is 93.4 Å². The Kier molecular flexibility index (Phi) is 5.83. The van der Waals surface area contributed by atoms with Gasteiger partial charge in [0.2, 0.25) is 0 Å². The Hall–Kier alpha value is -6.12.